The predicted octanol–water partition coefficient (Wildman–Crippen LogP) is 19.6. The molecule has 6 heterocycles. The van der Waals surface area contributed by atoms with Gasteiger partial charge in [-0.1, -0.05) is 186 Å². The highest BCUT2D eigenvalue weighted by atomic mass is 15.2. The Bertz CT molecular complexity index is 5570. The molecular formula is C78H54N8. The Labute approximate surface area is 495 Å². The van der Waals surface area contributed by atoms with Crippen LogP contribution >= 0.6 is 0 Å². The molecule has 8 heteroatoms. The topological polar surface area (TPSA) is 71.3 Å². The van der Waals surface area contributed by atoms with E-state index in [4.69, 9.17) is 19.9 Å². The molecule has 0 fully saturated rings. The minimum atomic E-state index is 0.492. The fourth-order valence-electron chi connectivity index (χ4n) is 13.8. The van der Waals surface area contributed by atoms with Crippen molar-refractivity contribution in [1.29, 1.82) is 0 Å². The summed E-state index contributed by atoms with van der Waals surface area (Å²) in [6.45, 7) is 8.77. The third-order valence-corrected chi connectivity index (χ3v) is 17.4. The first kappa shape index (κ1) is 49.4. The van der Waals surface area contributed by atoms with Crippen LogP contribution in [0.1, 0.15) is 22.3 Å². The van der Waals surface area contributed by atoms with E-state index in [0.29, 0.717) is 17.5 Å². The lowest BCUT2D eigenvalue weighted by molar-refractivity contribution is 1.01. The highest BCUT2D eigenvalue weighted by molar-refractivity contribution is 6.18. The molecule has 86 heavy (non-hydrogen) atoms. The molecule has 17 rings (SSSR count). The van der Waals surface area contributed by atoms with Gasteiger partial charge in [0.05, 0.1) is 78.1 Å². The van der Waals surface area contributed by atoms with Crippen molar-refractivity contribution in [2.75, 3.05) is 0 Å². The number of hydrogen-bond donors (Lipinski definition) is 0. The van der Waals surface area contributed by atoms with Gasteiger partial charge >= 0.3 is 0 Å². The minimum absolute atomic E-state index is 0.492. The lowest BCUT2D eigenvalue weighted by Gasteiger charge is -2.30. The fraction of sp³-hybridized carbons (Fsp3) is 0.0513. The molecule has 0 N–H and O–H groups in total. The van der Waals surface area contributed by atoms with Gasteiger partial charge in [0.1, 0.15) is 0 Å². The molecule has 0 saturated heterocycles. The number of hydrogen-bond acceptors (Lipinski definition) is 4. The maximum atomic E-state index is 5.86. The quantitative estimate of drug-likeness (QED) is 0.152. The van der Waals surface area contributed by atoms with Gasteiger partial charge in [-0.3, -0.25) is 4.98 Å². The summed E-state index contributed by atoms with van der Waals surface area (Å²) in [7, 11) is 0. The van der Waals surface area contributed by atoms with E-state index in [1.54, 1.807) is 0 Å². The van der Waals surface area contributed by atoms with Crippen molar-refractivity contribution in [3.8, 4) is 68.2 Å². The first-order valence-electron chi connectivity index (χ1n) is 29.4. The summed E-state index contributed by atoms with van der Waals surface area (Å²) in [5, 5.41) is 9.13. The van der Waals surface area contributed by atoms with Crippen molar-refractivity contribution in [3.63, 3.8) is 0 Å². The molecule has 0 atom stereocenters. The van der Waals surface area contributed by atoms with Crippen LogP contribution in [0.3, 0.4) is 0 Å². The van der Waals surface area contributed by atoms with Gasteiger partial charge in [0.2, 0.25) is 0 Å². The summed E-state index contributed by atoms with van der Waals surface area (Å²) < 4.78 is 10.2. The Morgan fingerprint density at radius 3 is 0.907 bits per heavy atom. The summed E-state index contributed by atoms with van der Waals surface area (Å²) in [5.74, 6) is 1.59. The predicted molar refractivity (Wildman–Crippen MR) is 356 cm³/mol. The summed E-state index contributed by atoms with van der Waals surface area (Å²) in [6, 6.07) is 90.2. The van der Waals surface area contributed by atoms with E-state index in [1.807, 2.05) is 24.4 Å². The summed E-state index contributed by atoms with van der Waals surface area (Å²) >= 11 is 0. The average Bonchev–Trinajstić information content (AvgIpc) is 1.41. The molecule has 0 saturated carbocycles. The molecule has 0 radical (unpaired) electrons. The van der Waals surface area contributed by atoms with E-state index < -0.39 is 0 Å². The normalized spacial score (nSPS) is 12.0. The molecule has 0 amide bonds. The minimum Gasteiger partial charge on any atom is -0.306 e. The lowest BCUT2D eigenvalue weighted by Crippen LogP contribution is -2.17. The van der Waals surface area contributed by atoms with Crippen LogP contribution in [0, 0.1) is 27.7 Å². The molecule has 0 aliphatic carbocycles. The zero-order valence-electron chi connectivity index (χ0n) is 47.8. The van der Waals surface area contributed by atoms with E-state index in [0.717, 1.165) is 138 Å². The van der Waals surface area contributed by atoms with Gasteiger partial charge in [0, 0.05) is 66.0 Å². The Balaban J connectivity index is 1.26. The van der Waals surface area contributed by atoms with E-state index in [2.05, 4.69) is 276 Å². The number of rotatable bonds is 8. The van der Waals surface area contributed by atoms with Gasteiger partial charge in [-0.05, 0) is 113 Å². The second-order valence-corrected chi connectivity index (χ2v) is 22.9. The third kappa shape index (κ3) is 7.42. The van der Waals surface area contributed by atoms with Crippen LogP contribution < -0.4 is 0 Å². The van der Waals surface area contributed by atoms with Crippen molar-refractivity contribution < 1.29 is 0 Å². The zero-order chi connectivity index (χ0) is 57.3. The standard InChI is InChI=1S/C78H54N8/c1-47-34-38-66-57(43-47)53-25-11-15-30-62(53)83(66)72-70(61-29-19-20-42-79-61)71(78-81-76(51-21-7-5-8-22-51)80-77(82-78)52-23-9-6-10-24-52)73(84-63-31-16-12-26-54(63)58-44-48(2)35-39-67(58)84)75(86-65-33-18-14-28-56(65)60-46-50(4)37-41-69(60)86)74(72)85-64-32-17-13-27-55(64)59-45-49(3)36-40-68(59)85/h5-46H,1-4H3. The molecule has 11 aromatic carbocycles. The molecule has 8 nitrogen and oxygen atoms in total. The lowest BCUT2D eigenvalue weighted by atomic mass is 9.93. The van der Waals surface area contributed by atoms with E-state index in [1.165, 1.54) is 22.3 Å². The Hall–Kier alpha value is -11.2. The molecule has 0 unspecified atom stereocenters. The SMILES string of the molecule is Cc1ccc2c(c1)c1ccccc1n2-c1c(-c2ccccn2)c(-c2nc(-c3ccccc3)nc(-c3ccccc3)n2)c(-n2c3ccccc3c3cc(C)ccc32)c(-n2c3ccccc3c3cc(C)ccc32)c1-n1c2ccccc2c2cc(C)ccc21. The summed E-state index contributed by atoms with van der Waals surface area (Å²) in [5.41, 5.74) is 20.9. The number of benzene rings is 11. The smallest absolute Gasteiger partial charge is 0.167 e. The number of aromatic nitrogens is 8. The summed E-state index contributed by atoms with van der Waals surface area (Å²) in [4.78, 5) is 22.7. The monoisotopic (exact) mass is 1100 g/mol. The van der Waals surface area contributed by atoms with Crippen LogP contribution in [-0.4, -0.2) is 38.2 Å². The van der Waals surface area contributed by atoms with Crippen LogP contribution in [0.4, 0.5) is 0 Å². The Kier molecular flexibility index (Phi) is 11.0. The fourth-order valence-corrected chi connectivity index (χ4v) is 13.8. The first-order valence-corrected chi connectivity index (χ1v) is 29.4. The summed E-state index contributed by atoms with van der Waals surface area (Å²) in [6.07, 6.45) is 1.92. The van der Waals surface area contributed by atoms with Crippen molar-refractivity contribution in [2.45, 2.75) is 27.7 Å². The molecule has 17 aromatic rings. The van der Waals surface area contributed by atoms with Crippen LogP contribution in [0.15, 0.2) is 255 Å². The van der Waals surface area contributed by atoms with Gasteiger partial charge in [0.15, 0.2) is 17.5 Å². The Morgan fingerprint density at radius 1 is 0.244 bits per heavy atom. The van der Waals surface area contributed by atoms with Crippen molar-refractivity contribution in [1.82, 2.24) is 38.2 Å². The largest absolute Gasteiger partial charge is 0.306 e. The maximum absolute atomic E-state index is 5.86. The van der Waals surface area contributed by atoms with Crippen LogP contribution in [-0.2, 0) is 0 Å². The van der Waals surface area contributed by atoms with Crippen molar-refractivity contribution >= 4 is 87.2 Å². The molecule has 0 aliphatic rings. The van der Waals surface area contributed by atoms with Crippen LogP contribution in [0.2, 0.25) is 0 Å². The number of fused-ring (bicyclic) bond motifs is 12. The Morgan fingerprint density at radius 2 is 0.547 bits per heavy atom. The second kappa shape index (κ2) is 19.2. The maximum Gasteiger partial charge on any atom is 0.167 e. The van der Waals surface area contributed by atoms with E-state index in [9.17, 15) is 0 Å². The van der Waals surface area contributed by atoms with Gasteiger partial charge in [-0.2, -0.15) is 0 Å². The van der Waals surface area contributed by atoms with E-state index >= 15 is 0 Å². The molecule has 0 aliphatic heterocycles. The average molecular weight is 1100 g/mol. The number of para-hydroxylation sites is 4. The van der Waals surface area contributed by atoms with Gasteiger partial charge in [-0.25, -0.2) is 15.0 Å². The second-order valence-electron chi connectivity index (χ2n) is 22.9. The van der Waals surface area contributed by atoms with Gasteiger partial charge in [-0.15, -0.1) is 0 Å². The first-order chi connectivity index (χ1) is 42.3. The molecule has 0 spiro atoms. The van der Waals surface area contributed by atoms with E-state index in [-0.39, 0.29) is 0 Å². The van der Waals surface area contributed by atoms with Crippen LogP contribution in [0.25, 0.3) is 155 Å². The zero-order valence-corrected chi connectivity index (χ0v) is 47.8. The number of nitrogens with zero attached hydrogens (tertiary/aromatic N) is 8. The van der Waals surface area contributed by atoms with Gasteiger partial charge < -0.3 is 18.3 Å². The molecule has 0 bridgehead atoms. The molecule has 6 aromatic heterocycles. The number of pyridine rings is 1. The van der Waals surface area contributed by atoms with Crippen molar-refractivity contribution in [3.05, 3.63) is 277 Å². The molecule has 406 valence electrons. The highest BCUT2D eigenvalue weighted by Gasteiger charge is 2.37. The van der Waals surface area contributed by atoms with Crippen molar-refractivity contribution in [2.24, 2.45) is 0 Å². The highest BCUT2D eigenvalue weighted by Crippen LogP contribution is 2.54. The molecular weight excluding hydrogens is 1050 g/mol. The number of aryl methyl sites for hydroxylation is 4. The third-order valence-electron chi connectivity index (χ3n) is 17.4. The van der Waals surface area contributed by atoms with Gasteiger partial charge in [0.25, 0.3) is 0 Å². The van der Waals surface area contributed by atoms with Crippen LogP contribution in [0.5, 0.6) is 0 Å².